The molecule has 0 spiro atoms. The summed E-state index contributed by atoms with van der Waals surface area (Å²) in [5.41, 5.74) is 2.58. The molecular weight excluding hydrogens is 250 g/mol. The van der Waals surface area contributed by atoms with Crippen LogP contribution < -0.4 is 10.6 Å². The lowest BCUT2D eigenvalue weighted by Crippen LogP contribution is -2.49. The third kappa shape index (κ3) is 3.81. The molecule has 1 aromatic carbocycles. The summed E-state index contributed by atoms with van der Waals surface area (Å²) in [6.07, 6.45) is 0.780. The van der Waals surface area contributed by atoms with Crippen molar-refractivity contribution < 1.29 is 4.79 Å². The van der Waals surface area contributed by atoms with E-state index in [9.17, 15) is 4.79 Å². The van der Waals surface area contributed by atoms with Crippen LogP contribution in [-0.2, 0) is 17.8 Å². The SMILES string of the molecule is CC(C)N(C)CCNC(=O)[C@H]1Cc2ccccc2CN1. The van der Waals surface area contributed by atoms with Crippen LogP contribution in [0.1, 0.15) is 25.0 Å². The predicted octanol–water partition coefficient (Wildman–Crippen LogP) is 1.16. The van der Waals surface area contributed by atoms with E-state index in [-0.39, 0.29) is 11.9 Å². The molecule has 0 bridgehead atoms. The summed E-state index contributed by atoms with van der Waals surface area (Å²) in [6, 6.07) is 8.72. The molecule has 0 aromatic heterocycles. The van der Waals surface area contributed by atoms with E-state index in [0.717, 1.165) is 19.5 Å². The Kier molecular flexibility index (Phi) is 5.15. The summed E-state index contributed by atoms with van der Waals surface area (Å²) in [7, 11) is 2.08. The Balaban J connectivity index is 1.80. The quantitative estimate of drug-likeness (QED) is 0.847. The third-order valence-corrected chi connectivity index (χ3v) is 4.04. The summed E-state index contributed by atoms with van der Waals surface area (Å²) in [6.45, 7) is 6.67. The van der Waals surface area contributed by atoms with Crippen molar-refractivity contribution in [2.24, 2.45) is 0 Å². The number of carbonyl (C=O) groups is 1. The van der Waals surface area contributed by atoms with E-state index >= 15 is 0 Å². The molecule has 2 rings (SSSR count). The van der Waals surface area contributed by atoms with Gasteiger partial charge in [-0.05, 0) is 38.4 Å². The number of benzene rings is 1. The van der Waals surface area contributed by atoms with Gasteiger partial charge in [0, 0.05) is 25.7 Å². The first-order valence-corrected chi connectivity index (χ1v) is 7.36. The standard InChI is InChI=1S/C16H25N3O/c1-12(2)19(3)9-8-17-16(20)15-10-13-6-4-5-7-14(13)11-18-15/h4-7,12,15,18H,8-11H2,1-3H3,(H,17,20)/t15-/m1/s1. The van der Waals surface area contributed by atoms with Crippen molar-refractivity contribution in [2.75, 3.05) is 20.1 Å². The molecule has 0 saturated heterocycles. The molecule has 1 aromatic rings. The van der Waals surface area contributed by atoms with E-state index in [4.69, 9.17) is 0 Å². The van der Waals surface area contributed by atoms with Gasteiger partial charge in [-0.1, -0.05) is 24.3 Å². The van der Waals surface area contributed by atoms with Crippen molar-refractivity contribution in [3.05, 3.63) is 35.4 Å². The zero-order chi connectivity index (χ0) is 14.5. The minimum atomic E-state index is -0.103. The van der Waals surface area contributed by atoms with Crippen LogP contribution in [0.2, 0.25) is 0 Å². The van der Waals surface area contributed by atoms with Crippen LogP contribution in [0.25, 0.3) is 0 Å². The first-order chi connectivity index (χ1) is 9.58. The summed E-state index contributed by atoms with van der Waals surface area (Å²) in [4.78, 5) is 14.4. The fourth-order valence-corrected chi connectivity index (χ4v) is 2.38. The number of likely N-dealkylation sites (N-methyl/N-ethyl adjacent to an activating group) is 1. The van der Waals surface area contributed by atoms with Crippen LogP contribution in [-0.4, -0.2) is 43.0 Å². The van der Waals surface area contributed by atoms with Crippen molar-refractivity contribution in [1.82, 2.24) is 15.5 Å². The Morgan fingerprint density at radius 1 is 1.40 bits per heavy atom. The molecule has 0 saturated carbocycles. The molecule has 4 nitrogen and oxygen atoms in total. The Morgan fingerprint density at radius 3 is 2.80 bits per heavy atom. The molecule has 1 amide bonds. The van der Waals surface area contributed by atoms with Gasteiger partial charge in [-0.15, -0.1) is 0 Å². The van der Waals surface area contributed by atoms with Crippen LogP contribution in [0.4, 0.5) is 0 Å². The van der Waals surface area contributed by atoms with Crippen LogP contribution in [0.5, 0.6) is 0 Å². The van der Waals surface area contributed by atoms with Gasteiger partial charge in [0.1, 0.15) is 0 Å². The highest BCUT2D eigenvalue weighted by atomic mass is 16.2. The molecule has 1 aliphatic heterocycles. The van der Waals surface area contributed by atoms with Crippen LogP contribution in [0, 0.1) is 0 Å². The van der Waals surface area contributed by atoms with E-state index in [1.807, 2.05) is 12.1 Å². The van der Waals surface area contributed by atoms with Gasteiger partial charge < -0.3 is 15.5 Å². The van der Waals surface area contributed by atoms with Crippen LogP contribution >= 0.6 is 0 Å². The van der Waals surface area contributed by atoms with Crippen LogP contribution in [0.15, 0.2) is 24.3 Å². The molecule has 20 heavy (non-hydrogen) atoms. The molecule has 2 N–H and O–H groups in total. The smallest absolute Gasteiger partial charge is 0.237 e. The largest absolute Gasteiger partial charge is 0.353 e. The van der Waals surface area contributed by atoms with Gasteiger partial charge in [-0.2, -0.15) is 0 Å². The van der Waals surface area contributed by atoms with Crippen molar-refractivity contribution in [1.29, 1.82) is 0 Å². The molecule has 110 valence electrons. The predicted molar refractivity (Wildman–Crippen MR) is 81.5 cm³/mol. The van der Waals surface area contributed by atoms with Gasteiger partial charge in [-0.25, -0.2) is 0 Å². The third-order valence-electron chi connectivity index (χ3n) is 4.04. The monoisotopic (exact) mass is 275 g/mol. The van der Waals surface area contributed by atoms with Gasteiger partial charge in [-0.3, -0.25) is 4.79 Å². The maximum absolute atomic E-state index is 12.2. The Morgan fingerprint density at radius 2 is 2.10 bits per heavy atom. The van der Waals surface area contributed by atoms with Crippen molar-refractivity contribution in [2.45, 2.75) is 38.9 Å². The molecular formula is C16H25N3O. The maximum atomic E-state index is 12.2. The zero-order valence-electron chi connectivity index (χ0n) is 12.6. The normalized spacial score (nSPS) is 18.1. The number of nitrogens with zero attached hydrogens (tertiary/aromatic N) is 1. The van der Waals surface area contributed by atoms with E-state index < -0.39 is 0 Å². The van der Waals surface area contributed by atoms with E-state index in [1.165, 1.54) is 11.1 Å². The summed E-state index contributed by atoms with van der Waals surface area (Å²) < 4.78 is 0. The number of nitrogens with one attached hydrogen (secondary N) is 2. The highest BCUT2D eigenvalue weighted by molar-refractivity contribution is 5.82. The Hall–Kier alpha value is -1.39. The molecule has 0 radical (unpaired) electrons. The van der Waals surface area contributed by atoms with E-state index in [1.54, 1.807) is 0 Å². The van der Waals surface area contributed by atoms with Gasteiger partial charge in [0.05, 0.1) is 6.04 Å². The number of amides is 1. The Bertz CT molecular complexity index is 459. The van der Waals surface area contributed by atoms with Crippen LogP contribution in [0.3, 0.4) is 0 Å². The first-order valence-electron chi connectivity index (χ1n) is 7.36. The lowest BCUT2D eigenvalue weighted by molar-refractivity contribution is -0.123. The van der Waals surface area contributed by atoms with E-state index in [0.29, 0.717) is 12.6 Å². The molecule has 1 heterocycles. The highest BCUT2D eigenvalue weighted by Gasteiger charge is 2.23. The summed E-state index contributed by atoms with van der Waals surface area (Å²) >= 11 is 0. The first kappa shape index (κ1) is 15.0. The lowest BCUT2D eigenvalue weighted by Gasteiger charge is -2.26. The molecule has 0 aliphatic carbocycles. The summed E-state index contributed by atoms with van der Waals surface area (Å²) in [5.74, 6) is 0.108. The number of hydrogen-bond donors (Lipinski definition) is 2. The van der Waals surface area contributed by atoms with Crippen molar-refractivity contribution in [3.8, 4) is 0 Å². The fourth-order valence-electron chi connectivity index (χ4n) is 2.38. The molecule has 1 atom stereocenters. The van der Waals surface area contributed by atoms with Gasteiger partial charge >= 0.3 is 0 Å². The zero-order valence-corrected chi connectivity index (χ0v) is 12.6. The van der Waals surface area contributed by atoms with Crippen molar-refractivity contribution >= 4 is 5.91 Å². The maximum Gasteiger partial charge on any atom is 0.237 e. The number of carbonyl (C=O) groups excluding carboxylic acids is 1. The second-order valence-corrected chi connectivity index (χ2v) is 5.77. The van der Waals surface area contributed by atoms with Crippen molar-refractivity contribution in [3.63, 3.8) is 0 Å². The van der Waals surface area contributed by atoms with Gasteiger partial charge in [0.2, 0.25) is 5.91 Å². The second kappa shape index (κ2) is 6.86. The number of rotatable bonds is 5. The topological polar surface area (TPSA) is 44.4 Å². The fraction of sp³-hybridized carbons (Fsp3) is 0.562. The average molecular weight is 275 g/mol. The lowest BCUT2D eigenvalue weighted by atomic mass is 9.95. The number of hydrogen-bond acceptors (Lipinski definition) is 3. The molecule has 0 unspecified atom stereocenters. The minimum Gasteiger partial charge on any atom is -0.353 e. The number of fused-ring (bicyclic) bond motifs is 1. The Labute approximate surface area is 121 Å². The van der Waals surface area contributed by atoms with Gasteiger partial charge in [0.25, 0.3) is 0 Å². The van der Waals surface area contributed by atoms with Gasteiger partial charge in [0.15, 0.2) is 0 Å². The molecule has 0 fully saturated rings. The van der Waals surface area contributed by atoms with E-state index in [2.05, 4.69) is 48.6 Å². The second-order valence-electron chi connectivity index (χ2n) is 5.77. The average Bonchev–Trinajstić information content (AvgIpc) is 2.46. The minimum absolute atomic E-state index is 0.103. The molecule has 4 heteroatoms. The molecule has 1 aliphatic rings. The summed E-state index contributed by atoms with van der Waals surface area (Å²) in [5, 5.41) is 6.34. The highest BCUT2D eigenvalue weighted by Crippen LogP contribution is 2.16.